The van der Waals surface area contributed by atoms with Gasteiger partial charge in [0, 0.05) is 12.6 Å². The molecule has 1 aliphatic heterocycles. The van der Waals surface area contributed by atoms with Gasteiger partial charge in [-0.3, -0.25) is 10.4 Å². The summed E-state index contributed by atoms with van der Waals surface area (Å²) in [5, 5.41) is 13.3. The van der Waals surface area contributed by atoms with Crippen molar-refractivity contribution in [3.8, 4) is 0 Å². The zero-order chi connectivity index (χ0) is 9.80. The minimum absolute atomic E-state index is 0.0937. The lowest BCUT2D eigenvalue weighted by Crippen LogP contribution is -2.27. The van der Waals surface area contributed by atoms with Crippen LogP contribution in [0.4, 0.5) is 0 Å². The number of aliphatic hydroxyl groups excluding tert-OH is 1. The number of aliphatic imine (C=N–C) groups is 1. The highest BCUT2D eigenvalue weighted by atomic mass is 16.3. The lowest BCUT2D eigenvalue weighted by molar-refractivity contribution is 0.123. The molecule has 1 fully saturated rings. The SMILES string of the molecule is OC1CCC(N=C2CCC=NN2)CC1. The van der Waals surface area contributed by atoms with E-state index in [0.29, 0.717) is 6.04 Å². The first-order chi connectivity index (χ1) is 6.84. The fourth-order valence-electron chi connectivity index (χ4n) is 1.94. The Balaban J connectivity index is 1.87. The summed E-state index contributed by atoms with van der Waals surface area (Å²) in [6.07, 6.45) is 7.55. The fourth-order valence-corrected chi connectivity index (χ4v) is 1.94. The molecule has 0 saturated heterocycles. The molecule has 0 radical (unpaired) electrons. The molecule has 2 aliphatic rings. The van der Waals surface area contributed by atoms with Gasteiger partial charge in [-0.15, -0.1) is 0 Å². The van der Waals surface area contributed by atoms with Crippen molar-refractivity contribution in [2.45, 2.75) is 50.7 Å². The molecule has 0 bridgehead atoms. The summed E-state index contributed by atoms with van der Waals surface area (Å²) in [6.45, 7) is 0. The van der Waals surface area contributed by atoms with E-state index >= 15 is 0 Å². The molecule has 0 aromatic rings. The van der Waals surface area contributed by atoms with E-state index in [2.05, 4.69) is 15.5 Å². The van der Waals surface area contributed by atoms with Crippen molar-refractivity contribution in [2.24, 2.45) is 10.1 Å². The van der Waals surface area contributed by atoms with Crippen LogP contribution in [-0.2, 0) is 0 Å². The molecule has 0 atom stereocenters. The van der Waals surface area contributed by atoms with Gasteiger partial charge in [-0.25, -0.2) is 0 Å². The summed E-state index contributed by atoms with van der Waals surface area (Å²) in [5.74, 6) is 1.01. The average molecular weight is 195 g/mol. The summed E-state index contributed by atoms with van der Waals surface area (Å²) in [5.41, 5.74) is 2.93. The van der Waals surface area contributed by atoms with Crippen molar-refractivity contribution in [1.29, 1.82) is 0 Å². The Morgan fingerprint density at radius 3 is 2.79 bits per heavy atom. The maximum absolute atomic E-state index is 9.35. The second-order valence-electron chi connectivity index (χ2n) is 4.00. The van der Waals surface area contributed by atoms with E-state index in [1.807, 2.05) is 6.21 Å². The van der Waals surface area contributed by atoms with Crippen LogP contribution in [0.1, 0.15) is 38.5 Å². The van der Waals surface area contributed by atoms with E-state index < -0.39 is 0 Å². The fraction of sp³-hybridized carbons (Fsp3) is 0.800. The average Bonchev–Trinajstić information content (AvgIpc) is 2.23. The number of hydrazone groups is 1. The first-order valence-electron chi connectivity index (χ1n) is 5.37. The molecule has 78 valence electrons. The molecule has 0 spiro atoms. The van der Waals surface area contributed by atoms with Gasteiger partial charge in [-0.2, -0.15) is 5.10 Å². The van der Waals surface area contributed by atoms with E-state index in [9.17, 15) is 5.11 Å². The second-order valence-corrected chi connectivity index (χ2v) is 4.00. The molecule has 14 heavy (non-hydrogen) atoms. The summed E-state index contributed by atoms with van der Waals surface area (Å²) in [6, 6.07) is 0.397. The normalized spacial score (nSPS) is 35.6. The van der Waals surface area contributed by atoms with Crippen molar-refractivity contribution in [1.82, 2.24) is 5.43 Å². The molecule has 4 nitrogen and oxygen atoms in total. The topological polar surface area (TPSA) is 57.0 Å². The number of rotatable bonds is 1. The Labute approximate surface area is 84.1 Å². The van der Waals surface area contributed by atoms with Gasteiger partial charge in [0.1, 0.15) is 5.84 Å². The van der Waals surface area contributed by atoms with Crippen LogP contribution < -0.4 is 5.43 Å². The number of nitrogens with one attached hydrogen (secondary N) is 1. The van der Waals surface area contributed by atoms with Crippen LogP contribution in [0.5, 0.6) is 0 Å². The van der Waals surface area contributed by atoms with Crippen LogP contribution in [0.25, 0.3) is 0 Å². The van der Waals surface area contributed by atoms with Crippen LogP contribution in [0.3, 0.4) is 0 Å². The molecule has 0 aromatic heterocycles. The minimum Gasteiger partial charge on any atom is -0.393 e. The zero-order valence-corrected chi connectivity index (χ0v) is 8.32. The second kappa shape index (κ2) is 4.55. The van der Waals surface area contributed by atoms with Crippen LogP contribution >= 0.6 is 0 Å². The van der Waals surface area contributed by atoms with E-state index in [0.717, 1.165) is 44.4 Å². The standard InChI is InChI=1S/C10H17N3O/c14-9-5-3-8(4-6-9)12-10-2-1-7-11-13-10/h7-9,14H,1-6H2,(H,12,13). The summed E-state index contributed by atoms with van der Waals surface area (Å²) in [4.78, 5) is 4.61. The monoisotopic (exact) mass is 195 g/mol. The van der Waals surface area contributed by atoms with Gasteiger partial charge in [-0.05, 0) is 32.1 Å². The molecule has 1 heterocycles. The number of aliphatic hydroxyl groups is 1. The van der Waals surface area contributed by atoms with Crippen molar-refractivity contribution in [3.63, 3.8) is 0 Å². The van der Waals surface area contributed by atoms with E-state index in [1.165, 1.54) is 0 Å². The summed E-state index contributed by atoms with van der Waals surface area (Å²) in [7, 11) is 0. The van der Waals surface area contributed by atoms with Gasteiger partial charge in [-0.1, -0.05) is 0 Å². The Morgan fingerprint density at radius 1 is 1.36 bits per heavy atom. The highest BCUT2D eigenvalue weighted by Gasteiger charge is 2.19. The lowest BCUT2D eigenvalue weighted by atomic mass is 9.93. The molecule has 0 unspecified atom stereocenters. The quantitative estimate of drug-likeness (QED) is 0.657. The maximum atomic E-state index is 9.35. The van der Waals surface area contributed by atoms with Crippen molar-refractivity contribution >= 4 is 12.1 Å². The maximum Gasteiger partial charge on any atom is 0.117 e. The Kier molecular flexibility index (Phi) is 3.14. The van der Waals surface area contributed by atoms with E-state index in [4.69, 9.17) is 0 Å². The Morgan fingerprint density at radius 2 is 2.14 bits per heavy atom. The largest absolute Gasteiger partial charge is 0.393 e. The van der Waals surface area contributed by atoms with Crippen LogP contribution in [-0.4, -0.2) is 29.3 Å². The number of amidine groups is 1. The molecule has 2 N–H and O–H groups in total. The van der Waals surface area contributed by atoms with E-state index in [1.54, 1.807) is 0 Å². The van der Waals surface area contributed by atoms with Gasteiger partial charge in [0.15, 0.2) is 0 Å². The number of nitrogens with zero attached hydrogens (tertiary/aromatic N) is 2. The van der Waals surface area contributed by atoms with Gasteiger partial charge in [0.05, 0.1) is 12.1 Å². The highest BCUT2D eigenvalue weighted by molar-refractivity contribution is 5.86. The Bertz CT molecular complexity index is 242. The molecular weight excluding hydrogens is 178 g/mol. The molecule has 4 heteroatoms. The zero-order valence-electron chi connectivity index (χ0n) is 8.32. The smallest absolute Gasteiger partial charge is 0.117 e. The van der Waals surface area contributed by atoms with Crippen molar-refractivity contribution in [3.05, 3.63) is 0 Å². The molecule has 0 aromatic carbocycles. The third-order valence-corrected chi connectivity index (χ3v) is 2.80. The van der Waals surface area contributed by atoms with Crippen molar-refractivity contribution in [2.75, 3.05) is 0 Å². The van der Waals surface area contributed by atoms with Crippen LogP contribution in [0.15, 0.2) is 10.1 Å². The predicted molar refractivity (Wildman–Crippen MR) is 56.6 cm³/mol. The summed E-state index contributed by atoms with van der Waals surface area (Å²) >= 11 is 0. The van der Waals surface area contributed by atoms with Gasteiger partial charge >= 0.3 is 0 Å². The Hall–Kier alpha value is -0.900. The minimum atomic E-state index is -0.0937. The first kappa shape index (κ1) is 9.65. The predicted octanol–water partition coefficient (Wildman–Crippen LogP) is 1.06. The van der Waals surface area contributed by atoms with Gasteiger partial charge in [0.25, 0.3) is 0 Å². The highest BCUT2D eigenvalue weighted by Crippen LogP contribution is 2.21. The molecule has 0 amide bonds. The van der Waals surface area contributed by atoms with Gasteiger partial charge in [0.2, 0.25) is 0 Å². The van der Waals surface area contributed by atoms with Gasteiger partial charge < -0.3 is 5.11 Å². The van der Waals surface area contributed by atoms with E-state index in [-0.39, 0.29) is 6.10 Å². The van der Waals surface area contributed by atoms with Crippen molar-refractivity contribution < 1.29 is 5.11 Å². The first-order valence-corrected chi connectivity index (χ1v) is 5.37. The van der Waals surface area contributed by atoms with Crippen LogP contribution in [0, 0.1) is 0 Å². The third-order valence-electron chi connectivity index (χ3n) is 2.80. The molecule has 2 rings (SSSR count). The number of hydrogen-bond donors (Lipinski definition) is 2. The molecule has 1 aliphatic carbocycles. The molecule has 1 saturated carbocycles. The lowest BCUT2D eigenvalue weighted by Gasteiger charge is -2.23. The number of hydrogen-bond acceptors (Lipinski definition) is 3. The van der Waals surface area contributed by atoms with Crippen LogP contribution in [0.2, 0.25) is 0 Å². The summed E-state index contributed by atoms with van der Waals surface area (Å²) < 4.78 is 0. The molecular formula is C10H17N3O. The third kappa shape index (κ3) is 2.54.